The minimum Gasteiger partial charge on any atom is -0.550 e. The number of hydrogen-bond donors (Lipinski definition) is 0. The molecule has 2 rings (SSSR count). The largest absolute Gasteiger partial charge is 0.550 e. The molecule has 3 nitrogen and oxygen atoms in total. The van der Waals surface area contributed by atoms with Crippen LogP contribution < -0.4 is 5.11 Å². The lowest BCUT2D eigenvalue weighted by Crippen LogP contribution is -2.24. The number of carbonyl (C=O) groups is 1. The van der Waals surface area contributed by atoms with Gasteiger partial charge in [0, 0.05) is 22.8 Å². The molecular weight excluding hydrogens is 246 g/mol. The maximum absolute atomic E-state index is 10.8. The molecule has 0 aliphatic carbocycles. The Balaban J connectivity index is 2.55. The Bertz CT molecular complexity index is 602. The number of carbonyl (C=O) groups excluding carboxylic acids is 1. The summed E-state index contributed by atoms with van der Waals surface area (Å²) in [5.41, 5.74) is 4.03. The fourth-order valence-corrected chi connectivity index (χ4v) is 2.86. The van der Waals surface area contributed by atoms with Gasteiger partial charge in [-0.25, -0.2) is 4.98 Å². The third-order valence-electron chi connectivity index (χ3n) is 2.76. The van der Waals surface area contributed by atoms with Crippen LogP contribution in [0.5, 0.6) is 0 Å². The number of aryl methyl sites for hydroxylation is 3. The molecule has 0 spiro atoms. The molecular formula is C14H14NO2S-. The fraction of sp³-hybridized carbons (Fsp3) is 0.286. The maximum Gasteiger partial charge on any atom is 0.0904 e. The lowest BCUT2D eigenvalue weighted by molar-refractivity contribution is -0.304. The molecule has 1 heterocycles. The smallest absolute Gasteiger partial charge is 0.0904 e. The van der Waals surface area contributed by atoms with Crippen LogP contribution in [0.15, 0.2) is 18.2 Å². The molecule has 0 radical (unpaired) electrons. The van der Waals surface area contributed by atoms with Crippen LogP contribution in [0, 0.1) is 20.8 Å². The van der Waals surface area contributed by atoms with Crippen molar-refractivity contribution in [2.45, 2.75) is 27.2 Å². The molecule has 0 atom stereocenters. The van der Waals surface area contributed by atoms with Crippen molar-refractivity contribution in [3.63, 3.8) is 0 Å². The molecule has 0 saturated heterocycles. The summed E-state index contributed by atoms with van der Waals surface area (Å²) in [5, 5.41) is 11.7. The predicted molar refractivity (Wildman–Crippen MR) is 70.5 cm³/mol. The number of benzene rings is 1. The minimum absolute atomic E-state index is 0.0752. The van der Waals surface area contributed by atoms with E-state index in [-0.39, 0.29) is 6.42 Å². The first-order valence-electron chi connectivity index (χ1n) is 5.71. The number of carboxylic acids is 1. The summed E-state index contributed by atoms with van der Waals surface area (Å²) in [6.45, 7) is 5.91. The SMILES string of the molecule is Cc1ccc(C)c(-c2nc(C)sc2CC(=O)[O-])c1. The summed E-state index contributed by atoms with van der Waals surface area (Å²) in [6.07, 6.45) is -0.0752. The van der Waals surface area contributed by atoms with Crippen molar-refractivity contribution >= 4 is 17.3 Å². The van der Waals surface area contributed by atoms with Gasteiger partial charge < -0.3 is 9.90 Å². The van der Waals surface area contributed by atoms with E-state index in [9.17, 15) is 9.90 Å². The van der Waals surface area contributed by atoms with Gasteiger partial charge in [0.15, 0.2) is 0 Å². The van der Waals surface area contributed by atoms with E-state index in [1.165, 1.54) is 11.3 Å². The summed E-state index contributed by atoms with van der Waals surface area (Å²) in [5.74, 6) is -1.06. The number of carboxylic acid groups (broad SMARTS) is 1. The van der Waals surface area contributed by atoms with Crippen molar-refractivity contribution in [1.82, 2.24) is 4.98 Å². The quantitative estimate of drug-likeness (QED) is 0.848. The lowest BCUT2D eigenvalue weighted by Gasteiger charge is -2.07. The lowest BCUT2D eigenvalue weighted by atomic mass is 10.0. The average Bonchev–Trinajstić information content (AvgIpc) is 2.62. The molecule has 0 aliphatic heterocycles. The Kier molecular flexibility index (Phi) is 3.48. The molecule has 0 saturated carbocycles. The monoisotopic (exact) mass is 260 g/mol. The zero-order chi connectivity index (χ0) is 13.3. The van der Waals surface area contributed by atoms with Crippen LogP contribution >= 0.6 is 11.3 Å². The van der Waals surface area contributed by atoms with Gasteiger partial charge in [-0.05, 0) is 32.4 Å². The first-order chi connectivity index (χ1) is 8.47. The van der Waals surface area contributed by atoms with Crippen LogP contribution in [0.1, 0.15) is 21.0 Å². The van der Waals surface area contributed by atoms with E-state index >= 15 is 0 Å². The number of aromatic nitrogens is 1. The minimum atomic E-state index is -1.06. The van der Waals surface area contributed by atoms with Gasteiger partial charge in [0.25, 0.3) is 0 Å². The van der Waals surface area contributed by atoms with Crippen LogP contribution in [-0.2, 0) is 11.2 Å². The molecule has 0 N–H and O–H groups in total. The van der Waals surface area contributed by atoms with E-state index in [4.69, 9.17) is 0 Å². The van der Waals surface area contributed by atoms with Gasteiger partial charge >= 0.3 is 0 Å². The highest BCUT2D eigenvalue weighted by atomic mass is 32.1. The van der Waals surface area contributed by atoms with Crippen molar-refractivity contribution in [2.75, 3.05) is 0 Å². The molecule has 94 valence electrons. The van der Waals surface area contributed by atoms with Crippen LogP contribution in [0.2, 0.25) is 0 Å². The Morgan fingerprint density at radius 1 is 1.33 bits per heavy atom. The number of aliphatic carboxylic acids is 1. The topological polar surface area (TPSA) is 53.0 Å². The predicted octanol–water partition coefficient (Wildman–Crippen LogP) is 2.03. The first-order valence-corrected chi connectivity index (χ1v) is 6.53. The van der Waals surface area contributed by atoms with Crippen molar-refractivity contribution in [3.8, 4) is 11.3 Å². The van der Waals surface area contributed by atoms with Gasteiger partial charge in [0.1, 0.15) is 0 Å². The number of nitrogens with zero attached hydrogens (tertiary/aromatic N) is 1. The molecule has 0 bridgehead atoms. The molecule has 4 heteroatoms. The summed E-state index contributed by atoms with van der Waals surface area (Å²) in [7, 11) is 0. The van der Waals surface area contributed by atoms with Gasteiger partial charge in [0.05, 0.1) is 10.7 Å². The van der Waals surface area contributed by atoms with Crippen molar-refractivity contribution in [1.29, 1.82) is 0 Å². The molecule has 2 aromatic rings. The molecule has 0 amide bonds. The van der Waals surface area contributed by atoms with E-state index in [2.05, 4.69) is 4.98 Å². The van der Waals surface area contributed by atoms with E-state index in [0.717, 1.165) is 32.3 Å². The third kappa shape index (κ3) is 2.59. The van der Waals surface area contributed by atoms with Crippen LogP contribution in [-0.4, -0.2) is 11.0 Å². The second-order valence-corrected chi connectivity index (χ2v) is 5.66. The van der Waals surface area contributed by atoms with Crippen molar-refractivity contribution in [3.05, 3.63) is 39.2 Å². The summed E-state index contributed by atoms with van der Waals surface area (Å²) >= 11 is 1.42. The molecule has 18 heavy (non-hydrogen) atoms. The first kappa shape index (κ1) is 12.8. The highest BCUT2D eigenvalue weighted by molar-refractivity contribution is 7.12. The van der Waals surface area contributed by atoms with Crippen LogP contribution in [0.4, 0.5) is 0 Å². The van der Waals surface area contributed by atoms with Crippen LogP contribution in [0.3, 0.4) is 0 Å². The molecule has 1 aromatic heterocycles. The standard InChI is InChI=1S/C14H15NO2S/c1-8-4-5-9(2)11(6-8)14-12(7-13(16)17)18-10(3)15-14/h4-6H,7H2,1-3H3,(H,16,17)/p-1. The summed E-state index contributed by atoms with van der Waals surface area (Å²) in [6, 6.07) is 6.11. The van der Waals surface area contributed by atoms with Gasteiger partial charge in [-0.15, -0.1) is 11.3 Å². The molecule has 0 fully saturated rings. The Labute approximate surface area is 110 Å². The molecule has 0 aliphatic rings. The van der Waals surface area contributed by atoms with Crippen molar-refractivity contribution in [2.24, 2.45) is 0 Å². The zero-order valence-electron chi connectivity index (χ0n) is 10.6. The van der Waals surface area contributed by atoms with E-state index < -0.39 is 5.97 Å². The second kappa shape index (κ2) is 4.90. The van der Waals surface area contributed by atoms with Gasteiger partial charge in [-0.1, -0.05) is 17.7 Å². The molecule has 1 aromatic carbocycles. The van der Waals surface area contributed by atoms with E-state index in [0.29, 0.717) is 0 Å². The van der Waals surface area contributed by atoms with Gasteiger partial charge in [-0.3, -0.25) is 0 Å². The number of rotatable bonds is 3. The third-order valence-corrected chi connectivity index (χ3v) is 3.73. The fourth-order valence-electron chi connectivity index (χ4n) is 1.92. The maximum atomic E-state index is 10.8. The zero-order valence-corrected chi connectivity index (χ0v) is 11.4. The second-order valence-electron chi connectivity index (χ2n) is 4.37. The van der Waals surface area contributed by atoms with E-state index in [1.54, 1.807) is 0 Å². The van der Waals surface area contributed by atoms with Crippen molar-refractivity contribution < 1.29 is 9.90 Å². The summed E-state index contributed by atoms with van der Waals surface area (Å²) in [4.78, 5) is 16.0. The molecule has 0 unspecified atom stereocenters. The van der Waals surface area contributed by atoms with Crippen LogP contribution in [0.25, 0.3) is 11.3 Å². The van der Waals surface area contributed by atoms with E-state index in [1.807, 2.05) is 39.0 Å². The number of hydrogen-bond acceptors (Lipinski definition) is 4. The Morgan fingerprint density at radius 2 is 2.06 bits per heavy atom. The Hall–Kier alpha value is -1.68. The highest BCUT2D eigenvalue weighted by Gasteiger charge is 2.13. The number of thiazole rings is 1. The Morgan fingerprint density at radius 3 is 2.72 bits per heavy atom. The average molecular weight is 260 g/mol. The van der Waals surface area contributed by atoms with Gasteiger partial charge in [-0.2, -0.15) is 0 Å². The normalized spacial score (nSPS) is 10.6. The highest BCUT2D eigenvalue weighted by Crippen LogP contribution is 2.31. The van der Waals surface area contributed by atoms with Gasteiger partial charge in [0.2, 0.25) is 0 Å². The summed E-state index contributed by atoms with van der Waals surface area (Å²) < 4.78 is 0.